The van der Waals surface area contributed by atoms with Gasteiger partial charge in [0.15, 0.2) is 0 Å². The second-order valence-electron chi connectivity index (χ2n) is 7.73. The Morgan fingerprint density at radius 1 is 0.690 bits per heavy atom. The van der Waals surface area contributed by atoms with Gasteiger partial charge in [-0.15, -0.1) is 0 Å². The summed E-state index contributed by atoms with van der Waals surface area (Å²) >= 11 is 0. The normalized spacial score (nSPS) is 14.6. The Bertz CT molecular complexity index is 544. The van der Waals surface area contributed by atoms with Crippen molar-refractivity contribution < 1.29 is 15.3 Å². The summed E-state index contributed by atoms with van der Waals surface area (Å²) in [6.45, 7) is 5.97. The molecule has 0 amide bonds. The minimum atomic E-state index is -0.585. The first-order valence-electron chi connectivity index (χ1n) is 10.5. The molecular formula is C26H42O3. The van der Waals surface area contributed by atoms with Crippen molar-refractivity contribution in [3.05, 3.63) is 71.8 Å². The van der Waals surface area contributed by atoms with Crippen molar-refractivity contribution in [3.63, 3.8) is 0 Å². The molecule has 0 fully saturated rings. The molecule has 2 aromatic rings. The second-order valence-corrected chi connectivity index (χ2v) is 7.73. The molecule has 0 saturated heterocycles. The molecule has 0 aliphatic heterocycles. The predicted octanol–water partition coefficient (Wildman–Crippen LogP) is 5.27. The van der Waals surface area contributed by atoms with Crippen LogP contribution in [0, 0.1) is 11.8 Å². The van der Waals surface area contributed by atoms with E-state index in [1.807, 2.05) is 38.1 Å². The average molecular weight is 403 g/mol. The minimum absolute atomic E-state index is 0. The summed E-state index contributed by atoms with van der Waals surface area (Å²) in [4.78, 5) is 0. The molecule has 0 heterocycles. The van der Waals surface area contributed by atoms with E-state index in [1.165, 1.54) is 11.1 Å². The number of aliphatic hydroxyl groups excluding tert-OH is 3. The van der Waals surface area contributed by atoms with Crippen LogP contribution in [0.2, 0.25) is 0 Å². The van der Waals surface area contributed by atoms with Gasteiger partial charge in [-0.25, -0.2) is 0 Å². The molecule has 0 bridgehead atoms. The number of hydrogen-bond acceptors (Lipinski definition) is 3. The van der Waals surface area contributed by atoms with Crippen LogP contribution in [-0.2, 0) is 12.8 Å². The van der Waals surface area contributed by atoms with Crippen molar-refractivity contribution in [2.45, 2.75) is 72.5 Å². The van der Waals surface area contributed by atoms with Crippen LogP contribution >= 0.6 is 0 Å². The van der Waals surface area contributed by atoms with Gasteiger partial charge in [0, 0.05) is 0 Å². The standard InChI is InChI=1S/C13H20O.C12H18O2.CH4/c1-3-13(14)11(2)9-10-12-7-5-4-6-8-12;1-10(12(14)9-13)7-8-11-5-3-2-4-6-11;/h4-8,11,13-14H,3,9-10H2,1-2H3;2-6,10,12-14H,7-9H2,1H3;1H4/t11?,13-;10?,12-;/m00./s1. The smallest absolute Gasteiger partial charge is 0.0796 e. The highest BCUT2D eigenvalue weighted by Gasteiger charge is 2.12. The first kappa shape index (κ1) is 27.3. The highest BCUT2D eigenvalue weighted by Crippen LogP contribution is 2.15. The summed E-state index contributed by atoms with van der Waals surface area (Å²) < 4.78 is 0. The fourth-order valence-corrected chi connectivity index (χ4v) is 3.05. The highest BCUT2D eigenvalue weighted by molar-refractivity contribution is 5.15. The molecule has 0 saturated carbocycles. The van der Waals surface area contributed by atoms with Crippen LogP contribution in [0.15, 0.2) is 60.7 Å². The quantitative estimate of drug-likeness (QED) is 0.507. The maximum absolute atomic E-state index is 9.60. The zero-order chi connectivity index (χ0) is 20.8. The minimum Gasteiger partial charge on any atom is -0.394 e. The fraction of sp³-hybridized carbons (Fsp3) is 0.538. The Morgan fingerprint density at radius 3 is 1.41 bits per heavy atom. The summed E-state index contributed by atoms with van der Waals surface area (Å²) in [5.74, 6) is 0.556. The van der Waals surface area contributed by atoms with Gasteiger partial charge < -0.3 is 15.3 Å². The molecule has 0 radical (unpaired) electrons. The van der Waals surface area contributed by atoms with Gasteiger partial charge in [0.2, 0.25) is 0 Å². The lowest BCUT2D eigenvalue weighted by molar-refractivity contribution is 0.0505. The molecule has 29 heavy (non-hydrogen) atoms. The zero-order valence-electron chi connectivity index (χ0n) is 17.7. The molecule has 0 aliphatic carbocycles. The van der Waals surface area contributed by atoms with Crippen molar-refractivity contribution in [1.82, 2.24) is 0 Å². The van der Waals surface area contributed by atoms with Crippen LogP contribution in [-0.4, -0.2) is 34.1 Å². The summed E-state index contributed by atoms with van der Waals surface area (Å²) in [6.07, 6.45) is 4.14. The summed E-state index contributed by atoms with van der Waals surface area (Å²) in [6, 6.07) is 20.6. The summed E-state index contributed by atoms with van der Waals surface area (Å²) in [7, 11) is 0. The fourth-order valence-electron chi connectivity index (χ4n) is 3.05. The Hall–Kier alpha value is -1.68. The lowest BCUT2D eigenvalue weighted by atomic mass is 9.95. The van der Waals surface area contributed by atoms with E-state index < -0.39 is 6.10 Å². The molecule has 3 nitrogen and oxygen atoms in total. The van der Waals surface area contributed by atoms with E-state index in [-0.39, 0.29) is 26.1 Å². The topological polar surface area (TPSA) is 60.7 Å². The first-order valence-corrected chi connectivity index (χ1v) is 10.5. The molecule has 0 spiro atoms. The Balaban J connectivity index is 0.000000523. The predicted molar refractivity (Wildman–Crippen MR) is 124 cm³/mol. The molecule has 2 unspecified atom stereocenters. The van der Waals surface area contributed by atoms with E-state index in [2.05, 4.69) is 43.3 Å². The van der Waals surface area contributed by atoms with Crippen LogP contribution in [0.4, 0.5) is 0 Å². The van der Waals surface area contributed by atoms with Gasteiger partial charge in [-0.3, -0.25) is 0 Å². The third-order valence-corrected chi connectivity index (χ3v) is 5.38. The largest absolute Gasteiger partial charge is 0.394 e. The van der Waals surface area contributed by atoms with Crippen LogP contribution in [0.5, 0.6) is 0 Å². The maximum Gasteiger partial charge on any atom is 0.0796 e. The monoisotopic (exact) mass is 402 g/mol. The number of rotatable bonds is 10. The van der Waals surface area contributed by atoms with Crippen LogP contribution in [0.1, 0.15) is 58.6 Å². The number of hydrogen-bond donors (Lipinski definition) is 3. The lowest BCUT2D eigenvalue weighted by Crippen LogP contribution is -2.22. The third kappa shape index (κ3) is 11.8. The zero-order valence-corrected chi connectivity index (χ0v) is 17.7. The molecule has 4 atom stereocenters. The van der Waals surface area contributed by atoms with Gasteiger partial charge in [0.25, 0.3) is 0 Å². The summed E-state index contributed by atoms with van der Waals surface area (Å²) in [5.41, 5.74) is 2.65. The maximum atomic E-state index is 9.60. The molecule has 164 valence electrons. The van der Waals surface area contributed by atoms with E-state index >= 15 is 0 Å². The summed E-state index contributed by atoms with van der Waals surface area (Å²) in [5, 5.41) is 27.7. The molecule has 3 heteroatoms. The second kappa shape index (κ2) is 16.2. The molecule has 3 N–H and O–H groups in total. The lowest BCUT2D eigenvalue weighted by Gasteiger charge is -2.16. The third-order valence-electron chi connectivity index (χ3n) is 5.38. The van der Waals surface area contributed by atoms with Crippen molar-refractivity contribution in [2.75, 3.05) is 6.61 Å². The SMILES string of the molecule is C.CC(CCc1ccccc1)[C@@H](O)CO.CC[C@H](O)C(C)CCc1ccccc1. The average Bonchev–Trinajstić information content (AvgIpc) is 2.76. The van der Waals surface area contributed by atoms with Crippen molar-refractivity contribution in [1.29, 1.82) is 0 Å². The Labute approximate surface area is 178 Å². The van der Waals surface area contributed by atoms with Gasteiger partial charge in [-0.05, 0) is 55.1 Å². The molecule has 2 aromatic carbocycles. The van der Waals surface area contributed by atoms with Gasteiger partial charge >= 0.3 is 0 Å². The number of benzene rings is 2. The van der Waals surface area contributed by atoms with Crippen LogP contribution in [0.3, 0.4) is 0 Å². The van der Waals surface area contributed by atoms with E-state index in [4.69, 9.17) is 5.11 Å². The van der Waals surface area contributed by atoms with E-state index in [0.29, 0.717) is 5.92 Å². The molecule has 0 aliphatic rings. The van der Waals surface area contributed by atoms with Gasteiger partial charge in [-0.1, -0.05) is 88.9 Å². The Morgan fingerprint density at radius 2 is 1.07 bits per heavy atom. The number of aliphatic hydroxyl groups is 3. The van der Waals surface area contributed by atoms with Gasteiger partial charge in [-0.2, -0.15) is 0 Å². The first-order chi connectivity index (χ1) is 13.5. The van der Waals surface area contributed by atoms with Crippen LogP contribution in [0.25, 0.3) is 0 Å². The van der Waals surface area contributed by atoms with Crippen molar-refractivity contribution in [3.8, 4) is 0 Å². The van der Waals surface area contributed by atoms with E-state index in [1.54, 1.807) is 0 Å². The van der Waals surface area contributed by atoms with Crippen LogP contribution < -0.4 is 0 Å². The number of aryl methyl sites for hydroxylation is 2. The van der Waals surface area contributed by atoms with E-state index in [9.17, 15) is 10.2 Å². The van der Waals surface area contributed by atoms with Gasteiger partial charge in [0.1, 0.15) is 0 Å². The van der Waals surface area contributed by atoms with Gasteiger partial charge in [0.05, 0.1) is 18.8 Å². The van der Waals surface area contributed by atoms with Crippen molar-refractivity contribution in [2.24, 2.45) is 11.8 Å². The molecular weight excluding hydrogens is 360 g/mol. The Kier molecular flexibility index (Phi) is 15.2. The highest BCUT2D eigenvalue weighted by atomic mass is 16.3. The van der Waals surface area contributed by atoms with Crippen molar-refractivity contribution >= 4 is 0 Å². The van der Waals surface area contributed by atoms with E-state index in [0.717, 1.165) is 32.1 Å². The molecule has 0 aromatic heterocycles. The molecule has 2 rings (SSSR count).